The number of fused-ring (bicyclic) bond motifs is 1. The SMILES string of the molecule is Cc1c(Cl)cccc1NC(=O)COC(=O)CCc1c[nH]c2ccccc12. The monoisotopic (exact) mass is 370 g/mol. The van der Waals surface area contributed by atoms with Gasteiger partial charge in [0, 0.05) is 34.2 Å². The molecule has 2 aromatic carbocycles. The summed E-state index contributed by atoms with van der Waals surface area (Å²) in [4.78, 5) is 27.0. The van der Waals surface area contributed by atoms with Gasteiger partial charge >= 0.3 is 5.97 Å². The molecule has 0 radical (unpaired) electrons. The Labute approximate surface area is 156 Å². The molecule has 5 nitrogen and oxygen atoms in total. The van der Waals surface area contributed by atoms with Crippen molar-refractivity contribution in [2.45, 2.75) is 19.8 Å². The molecule has 0 aliphatic carbocycles. The van der Waals surface area contributed by atoms with Crippen molar-refractivity contribution in [2.24, 2.45) is 0 Å². The summed E-state index contributed by atoms with van der Waals surface area (Å²) in [5, 5.41) is 4.35. The third-order valence-corrected chi connectivity index (χ3v) is 4.59. The van der Waals surface area contributed by atoms with E-state index in [0.717, 1.165) is 22.0 Å². The zero-order valence-corrected chi connectivity index (χ0v) is 15.1. The fraction of sp³-hybridized carbons (Fsp3) is 0.200. The van der Waals surface area contributed by atoms with E-state index in [-0.39, 0.29) is 13.0 Å². The van der Waals surface area contributed by atoms with Gasteiger partial charge in [-0.05, 0) is 42.7 Å². The molecular formula is C20H19ClN2O3. The van der Waals surface area contributed by atoms with E-state index in [0.29, 0.717) is 17.1 Å². The highest BCUT2D eigenvalue weighted by atomic mass is 35.5. The summed E-state index contributed by atoms with van der Waals surface area (Å²) in [5.41, 5.74) is 3.47. The normalized spacial score (nSPS) is 10.7. The molecular weight excluding hydrogens is 352 g/mol. The van der Waals surface area contributed by atoms with Gasteiger partial charge in [-0.25, -0.2) is 0 Å². The van der Waals surface area contributed by atoms with Crippen LogP contribution in [0.25, 0.3) is 10.9 Å². The highest BCUT2D eigenvalue weighted by Gasteiger charge is 2.11. The second kappa shape index (κ2) is 8.06. The third kappa shape index (κ3) is 4.24. The lowest BCUT2D eigenvalue weighted by atomic mass is 10.1. The number of para-hydroxylation sites is 1. The summed E-state index contributed by atoms with van der Waals surface area (Å²) in [7, 11) is 0. The fourth-order valence-corrected chi connectivity index (χ4v) is 2.90. The van der Waals surface area contributed by atoms with Crippen LogP contribution in [0, 0.1) is 6.92 Å². The largest absolute Gasteiger partial charge is 0.456 e. The highest BCUT2D eigenvalue weighted by Crippen LogP contribution is 2.23. The zero-order chi connectivity index (χ0) is 18.5. The molecule has 0 atom stereocenters. The highest BCUT2D eigenvalue weighted by molar-refractivity contribution is 6.31. The second-order valence-electron chi connectivity index (χ2n) is 5.98. The molecule has 1 amide bonds. The lowest BCUT2D eigenvalue weighted by molar-refractivity contribution is -0.147. The molecule has 1 heterocycles. The Kier molecular flexibility index (Phi) is 5.58. The van der Waals surface area contributed by atoms with Crippen molar-refractivity contribution in [3.05, 3.63) is 64.8 Å². The van der Waals surface area contributed by atoms with E-state index in [4.69, 9.17) is 16.3 Å². The molecule has 0 aliphatic rings. The minimum atomic E-state index is -0.409. The van der Waals surface area contributed by atoms with Gasteiger partial charge in [-0.2, -0.15) is 0 Å². The van der Waals surface area contributed by atoms with Crippen LogP contribution in [0.1, 0.15) is 17.5 Å². The van der Waals surface area contributed by atoms with E-state index in [9.17, 15) is 9.59 Å². The number of benzene rings is 2. The first-order chi connectivity index (χ1) is 12.5. The molecule has 6 heteroatoms. The van der Waals surface area contributed by atoms with Crippen LogP contribution in [0.3, 0.4) is 0 Å². The Morgan fingerprint density at radius 2 is 1.96 bits per heavy atom. The lowest BCUT2D eigenvalue weighted by Crippen LogP contribution is -2.21. The number of hydrogen-bond donors (Lipinski definition) is 2. The molecule has 0 unspecified atom stereocenters. The van der Waals surface area contributed by atoms with Crippen molar-refractivity contribution < 1.29 is 14.3 Å². The summed E-state index contributed by atoms with van der Waals surface area (Å²) >= 11 is 6.02. The van der Waals surface area contributed by atoms with Crippen LogP contribution in [-0.4, -0.2) is 23.5 Å². The van der Waals surface area contributed by atoms with E-state index >= 15 is 0 Å². The van der Waals surface area contributed by atoms with Crippen molar-refractivity contribution in [1.29, 1.82) is 0 Å². The standard InChI is InChI=1S/C20H19ClN2O3/c1-13-16(21)6-4-8-17(13)23-19(24)12-26-20(25)10-9-14-11-22-18-7-3-2-5-15(14)18/h2-8,11,22H,9-10,12H2,1H3,(H,23,24). The Bertz CT molecular complexity index is 949. The number of aromatic nitrogens is 1. The van der Waals surface area contributed by atoms with Gasteiger partial charge in [0.05, 0.1) is 0 Å². The van der Waals surface area contributed by atoms with Gasteiger partial charge in [0.1, 0.15) is 0 Å². The number of aromatic amines is 1. The number of carbonyl (C=O) groups is 2. The number of aryl methyl sites for hydroxylation is 1. The number of esters is 1. The summed E-state index contributed by atoms with van der Waals surface area (Å²) in [6.07, 6.45) is 2.66. The molecule has 3 rings (SSSR count). The first-order valence-corrected chi connectivity index (χ1v) is 8.68. The number of rotatable bonds is 6. The Morgan fingerprint density at radius 1 is 1.15 bits per heavy atom. The maximum Gasteiger partial charge on any atom is 0.306 e. The van der Waals surface area contributed by atoms with Gasteiger partial charge in [0.15, 0.2) is 6.61 Å². The van der Waals surface area contributed by atoms with Crippen LogP contribution < -0.4 is 5.32 Å². The number of H-pyrrole nitrogens is 1. The first kappa shape index (κ1) is 18.0. The van der Waals surface area contributed by atoms with Crippen LogP contribution in [0.4, 0.5) is 5.69 Å². The molecule has 26 heavy (non-hydrogen) atoms. The number of carbonyl (C=O) groups excluding carboxylic acids is 2. The zero-order valence-electron chi connectivity index (χ0n) is 14.3. The molecule has 1 aromatic heterocycles. The number of hydrogen-bond acceptors (Lipinski definition) is 3. The molecule has 0 aliphatic heterocycles. The van der Waals surface area contributed by atoms with Crippen molar-refractivity contribution in [3.63, 3.8) is 0 Å². The number of nitrogens with one attached hydrogen (secondary N) is 2. The quantitative estimate of drug-likeness (QED) is 0.637. The number of halogens is 1. The number of ether oxygens (including phenoxy) is 1. The maximum atomic E-state index is 12.0. The summed E-state index contributed by atoms with van der Waals surface area (Å²) in [5.74, 6) is -0.802. The van der Waals surface area contributed by atoms with E-state index < -0.39 is 11.9 Å². The molecule has 134 valence electrons. The van der Waals surface area contributed by atoms with Gasteiger partial charge < -0.3 is 15.0 Å². The summed E-state index contributed by atoms with van der Waals surface area (Å²) in [6.45, 7) is 1.49. The van der Waals surface area contributed by atoms with Crippen molar-refractivity contribution in [2.75, 3.05) is 11.9 Å². The second-order valence-corrected chi connectivity index (χ2v) is 6.39. The topological polar surface area (TPSA) is 71.2 Å². The van der Waals surface area contributed by atoms with Crippen LogP contribution >= 0.6 is 11.6 Å². The average Bonchev–Trinajstić information content (AvgIpc) is 3.05. The Balaban J connectivity index is 1.48. The van der Waals surface area contributed by atoms with Gasteiger partial charge in [0.25, 0.3) is 5.91 Å². The van der Waals surface area contributed by atoms with E-state index in [1.807, 2.05) is 37.4 Å². The summed E-state index contributed by atoms with van der Waals surface area (Å²) < 4.78 is 5.06. The van der Waals surface area contributed by atoms with Crippen molar-refractivity contribution in [1.82, 2.24) is 4.98 Å². The predicted octanol–water partition coefficient (Wildman–Crippen LogP) is 4.24. The van der Waals surface area contributed by atoms with Crippen LogP contribution in [0.5, 0.6) is 0 Å². The van der Waals surface area contributed by atoms with Gasteiger partial charge in [-0.1, -0.05) is 35.9 Å². The Hall–Kier alpha value is -2.79. The summed E-state index contributed by atoms with van der Waals surface area (Å²) in [6, 6.07) is 13.2. The lowest BCUT2D eigenvalue weighted by Gasteiger charge is -2.10. The molecule has 0 bridgehead atoms. The molecule has 0 fully saturated rings. The molecule has 0 saturated heterocycles. The van der Waals surface area contributed by atoms with Gasteiger partial charge in [-0.15, -0.1) is 0 Å². The third-order valence-electron chi connectivity index (χ3n) is 4.18. The predicted molar refractivity (Wildman–Crippen MR) is 102 cm³/mol. The minimum absolute atomic E-state index is 0.214. The maximum absolute atomic E-state index is 12.0. The van der Waals surface area contributed by atoms with E-state index in [1.54, 1.807) is 18.2 Å². The number of amides is 1. The van der Waals surface area contributed by atoms with Crippen molar-refractivity contribution in [3.8, 4) is 0 Å². The van der Waals surface area contributed by atoms with Crippen LogP contribution in [0.2, 0.25) is 5.02 Å². The van der Waals surface area contributed by atoms with E-state index in [2.05, 4.69) is 10.3 Å². The number of anilines is 1. The molecule has 0 saturated carbocycles. The van der Waals surface area contributed by atoms with Gasteiger partial charge in [-0.3, -0.25) is 9.59 Å². The fourth-order valence-electron chi connectivity index (χ4n) is 2.72. The minimum Gasteiger partial charge on any atom is -0.456 e. The van der Waals surface area contributed by atoms with Crippen molar-refractivity contribution >= 4 is 40.1 Å². The van der Waals surface area contributed by atoms with Gasteiger partial charge in [0.2, 0.25) is 0 Å². The van der Waals surface area contributed by atoms with E-state index in [1.165, 1.54) is 0 Å². The Morgan fingerprint density at radius 3 is 2.81 bits per heavy atom. The average molecular weight is 371 g/mol. The molecule has 3 aromatic rings. The molecule has 0 spiro atoms. The molecule has 2 N–H and O–H groups in total. The smallest absolute Gasteiger partial charge is 0.306 e. The van der Waals surface area contributed by atoms with Crippen LogP contribution in [0.15, 0.2) is 48.7 Å². The van der Waals surface area contributed by atoms with Crippen LogP contribution in [-0.2, 0) is 20.7 Å². The first-order valence-electron chi connectivity index (χ1n) is 8.30.